The number of nitrogens with zero attached hydrogens (tertiary/aromatic N) is 1. The van der Waals surface area contributed by atoms with Gasteiger partial charge in [-0.1, -0.05) is 12.1 Å². The number of hydrogen-bond acceptors (Lipinski definition) is 5. The van der Waals surface area contributed by atoms with Crippen molar-refractivity contribution in [1.82, 2.24) is 10.3 Å². The molecule has 0 spiro atoms. The predicted octanol–water partition coefficient (Wildman–Crippen LogP) is 3.62. The second-order valence-corrected chi connectivity index (χ2v) is 5.96. The van der Waals surface area contributed by atoms with Crippen LogP contribution in [0.25, 0.3) is 0 Å². The van der Waals surface area contributed by atoms with Crippen LogP contribution in [0, 0.1) is 5.82 Å². The number of halogens is 1. The molecule has 0 bridgehead atoms. The van der Waals surface area contributed by atoms with Crippen molar-refractivity contribution in [2.45, 2.75) is 6.54 Å². The maximum absolute atomic E-state index is 12.9. The largest absolute Gasteiger partial charge is 0.454 e. The van der Waals surface area contributed by atoms with Crippen molar-refractivity contribution in [3.63, 3.8) is 0 Å². The third-order valence-corrected chi connectivity index (χ3v) is 4.03. The summed E-state index contributed by atoms with van der Waals surface area (Å²) in [4.78, 5) is 16.5. The predicted molar refractivity (Wildman–Crippen MR) is 97.7 cm³/mol. The first-order valence-electron chi connectivity index (χ1n) is 8.32. The number of benzene rings is 2. The van der Waals surface area contributed by atoms with Gasteiger partial charge in [-0.3, -0.25) is 9.78 Å². The number of rotatable bonds is 5. The number of fused-ring (bicyclic) bond motifs is 1. The number of carbonyl (C=O) groups excluding carboxylic acids is 1. The lowest BCUT2D eigenvalue weighted by Gasteiger charge is -2.09. The maximum Gasteiger partial charge on any atom is 0.253 e. The molecule has 1 aliphatic heterocycles. The van der Waals surface area contributed by atoms with Crippen LogP contribution in [0.5, 0.6) is 11.5 Å². The van der Waals surface area contributed by atoms with E-state index in [-0.39, 0.29) is 18.5 Å². The van der Waals surface area contributed by atoms with E-state index in [1.807, 2.05) is 18.2 Å². The van der Waals surface area contributed by atoms with Gasteiger partial charge in [-0.15, -0.1) is 0 Å². The van der Waals surface area contributed by atoms with E-state index in [9.17, 15) is 9.18 Å². The minimum Gasteiger partial charge on any atom is -0.454 e. The van der Waals surface area contributed by atoms with Crippen LogP contribution in [0.15, 0.2) is 60.9 Å². The third-order valence-electron chi connectivity index (χ3n) is 4.03. The summed E-state index contributed by atoms with van der Waals surface area (Å²) in [7, 11) is 0. The summed E-state index contributed by atoms with van der Waals surface area (Å²) >= 11 is 0. The van der Waals surface area contributed by atoms with Crippen molar-refractivity contribution in [3.05, 3.63) is 77.9 Å². The Kier molecular flexibility index (Phi) is 4.57. The summed E-state index contributed by atoms with van der Waals surface area (Å²) in [6.07, 6.45) is 3.12. The highest BCUT2D eigenvalue weighted by molar-refractivity contribution is 5.94. The molecule has 2 heterocycles. The zero-order valence-corrected chi connectivity index (χ0v) is 14.2. The third kappa shape index (κ3) is 3.98. The Bertz CT molecular complexity index is 976. The number of anilines is 2. The van der Waals surface area contributed by atoms with E-state index in [2.05, 4.69) is 15.6 Å². The average molecular weight is 365 g/mol. The number of carbonyl (C=O) groups is 1. The zero-order chi connectivity index (χ0) is 18.6. The van der Waals surface area contributed by atoms with Gasteiger partial charge in [-0.25, -0.2) is 4.39 Å². The second kappa shape index (κ2) is 7.33. The molecule has 0 atom stereocenters. The summed E-state index contributed by atoms with van der Waals surface area (Å²) in [5.41, 5.74) is 2.70. The van der Waals surface area contributed by atoms with Crippen molar-refractivity contribution in [1.29, 1.82) is 0 Å². The van der Waals surface area contributed by atoms with Crippen molar-refractivity contribution >= 4 is 17.3 Å². The molecule has 1 aromatic heterocycles. The van der Waals surface area contributed by atoms with Crippen LogP contribution >= 0.6 is 0 Å². The first kappa shape index (κ1) is 16.8. The number of nitrogens with one attached hydrogen (secondary N) is 2. The molecule has 1 amide bonds. The molecule has 0 aliphatic carbocycles. The van der Waals surface area contributed by atoms with Crippen molar-refractivity contribution in [2.75, 3.05) is 12.1 Å². The van der Waals surface area contributed by atoms with Crippen LogP contribution in [0.4, 0.5) is 15.8 Å². The lowest BCUT2D eigenvalue weighted by Crippen LogP contribution is -2.23. The molecule has 2 N–H and O–H groups in total. The molecular weight excluding hydrogens is 349 g/mol. The van der Waals surface area contributed by atoms with Gasteiger partial charge in [0.2, 0.25) is 6.79 Å². The van der Waals surface area contributed by atoms with Crippen molar-refractivity contribution in [2.24, 2.45) is 0 Å². The van der Waals surface area contributed by atoms with Crippen molar-refractivity contribution in [3.8, 4) is 11.5 Å². The summed E-state index contributed by atoms with van der Waals surface area (Å²) in [6, 6.07) is 13.2. The van der Waals surface area contributed by atoms with Crippen LogP contribution < -0.4 is 20.1 Å². The fraction of sp³-hybridized carbons (Fsp3) is 0.100. The first-order chi connectivity index (χ1) is 13.2. The Morgan fingerprint density at radius 3 is 2.67 bits per heavy atom. The lowest BCUT2D eigenvalue weighted by molar-refractivity contribution is 0.0950. The number of hydrogen-bond donors (Lipinski definition) is 2. The molecule has 0 unspecified atom stereocenters. The molecular formula is C20H16FN3O3. The van der Waals surface area contributed by atoms with Gasteiger partial charge in [0.25, 0.3) is 5.91 Å². The van der Waals surface area contributed by atoms with Crippen molar-refractivity contribution < 1.29 is 18.7 Å². The van der Waals surface area contributed by atoms with Crippen LogP contribution in [0.1, 0.15) is 15.9 Å². The molecule has 2 aromatic carbocycles. The Morgan fingerprint density at radius 2 is 1.81 bits per heavy atom. The van der Waals surface area contributed by atoms with Crippen LogP contribution in [-0.2, 0) is 6.54 Å². The highest BCUT2D eigenvalue weighted by Crippen LogP contribution is 2.35. The summed E-state index contributed by atoms with van der Waals surface area (Å²) < 4.78 is 23.6. The number of pyridine rings is 1. The smallest absolute Gasteiger partial charge is 0.253 e. The zero-order valence-electron chi connectivity index (χ0n) is 14.2. The molecule has 6 nitrogen and oxygen atoms in total. The molecule has 0 radical (unpaired) electrons. The first-order valence-corrected chi connectivity index (χ1v) is 8.32. The van der Waals surface area contributed by atoms with Gasteiger partial charge < -0.3 is 20.1 Å². The summed E-state index contributed by atoms with van der Waals surface area (Å²) in [5.74, 6) is 0.798. The van der Waals surface area contributed by atoms with Gasteiger partial charge in [-0.2, -0.15) is 0 Å². The van der Waals surface area contributed by atoms with Gasteiger partial charge in [0.05, 0.1) is 17.4 Å². The fourth-order valence-corrected chi connectivity index (χ4v) is 2.66. The quantitative estimate of drug-likeness (QED) is 0.722. The highest BCUT2D eigenvalue weighted by Gasteiger charge is 2.13. The molecule has 136 valence electrons. The molecule has 7 heteroatoms. The fourth-order valence-electron chi connectivity index (χ4n) is 2.66. The highest BCUT2D eigenvalue weighted by atomic mass is 19.1. The summed E-state index contributed by atoms with van der Waals surface area (Å²) in [6.45, 7) is 0.517. The molecule has 0 saturated carbocycles. The summed E-state index contributed by atoms with van der Waals surface area (Å²) in [5, 5.41) is 5.98. The van der Waals surface area contributed by atoms with E-state index in [0.717, 1.165) is 11.3 Å². The SMILES string of the molecule is O=C(NCc1ccc(F)cc1)c1cncc(Nc2ccc3c(c2)OCO3)c1. The van der Waals surface area contributed by atoms with E-state index < -0.39 is 0 Å². The van der Waals surface area contributed by atoms with Crippen LogP contribution in [0.3, 0.4) is 0 Å². The Morgan fingerprint density at radius 1 is 1.00 bits per heavy atom. The van der Waals surface area contributed by atoms with Gasteiger partial charge in [-0.05, 0) is 35.9 Å². The standard InChI is InChI=1S/C20H16FN3O3/c21-15-3-1-13(2-4-15)9-23-20(25)14-7-17(11-22-10-14)24-16-5-6-18-19(8-16)27-12-26-18/h1-8,10-11,24H,9,12H2,(H,23,25). The van der Waals surface area contributed by atoms with E-state index in [4.69, 9.17) is 9.47 Å². The van der Waals surface area contributed by atoms with Gasteiger partial charge in [0.1, 0.15) is 5.82 Å². The Labute approximate surface area is 155 Å². The van der Waals surface area contributed by atoms with Crippen LogP contribution in [0.2, 0.25) is 0 Å². The number of amides is 1. The molecule has 27 heavy (non-hydrogen) atoms. The minimum absolute atomic E-state index is 0.212. The van der Waals surface area contributed by atoms with E-state index in [1.54, 1.807) is 24.4 Å². The van der Waals surface area contributed by atoms with Crippen LogP contribution in [-0.4, -0.2) is 17.7 Å². The molecule has 0 saturated heterocycles. The molecule has 1 aliphatic rings. The van der Waals surface area contributed by atoms with Gasteiger partial charge in [0.15, 0.2) is 11.5 Å². The topological polar surface area (TPSA) is 72.5 Å². The van der Waals surface area contributed by atoms with Gasteiger partial charge in [0, 0.05) is 24.5 Å². The minimum atomic E-state index is -0.309. The van der Waals surface area contributed by atoms with Gasteiger partial charge >= 0.3 is 0 Å². The maximum atomic E-state index is 12.9. The average Bonchev–Trinajstić information content (AvgIpc) is 3.15. The second-order valence-electron chi connectivity index (χ2n) is 5.96. The number of aromatic nitrogens is 1. The monoisotopic (exact) mass is 365 g/mol. The van der Waals surface area contributed by atoms with E-state index in [1.165, 1.54) is 18.3 Å². The normalized spacial score (nSPS) is 11.9. The molecule has 0 fully saturated rings. The number of ether oxygens (including phenoxy) is 2. The Balaban J connectivity index is 1.42. The molecule has 4 rings (SSSR count). The van der Waals surface area contributed by atoms with E-state index >= 15 is 0 Å². The van der Waals surface area contributed by atoms with E-state index in [0.29, 0.717) is 29.3 Å². The molecule has 3 aromatic rings. The lowest BCUT2D eigenvalue weighted by atomic mass is 10.2. The Hall–Kier alpha value is -3.61.